The van der Waals surface area contributed by atoms with Crippen LogP contribution in [0.25, 0.3) is 10.9 Å². The second-order valence-electron chi connectivity index (χ2n) is 3.63. The zero-order valence-electron chi connectivity index (χ0n) is 9.01. The third-order valence-corrected chi connectivity index (χ3v) is 2.98. The molecule has 0 saturated heterocycles. The lowest BCUT2D eigenvalue weighted by Gasteiger charge is -2.04. The first-order valence-electron chi connectivity index (χ1n) is 5.08. The first kappa shape index (κ1) is 12.1. The maximum atomic E-state index is 11.9. The fourth-order valence-corrected chi connectivity index (χ4v) is 2.23. The monoisotopic (exact) mass is 269 g/mol. The average molecular weight is 270 g/mol. The van der Waals surface area contributed by atoms with Crippen molar-refractivity contribution in [2.45, 2.75) is 13.3 Å². The minimum Gasteiger partial charge on any atom is -0.352 e. The number of aromatic amines is 1. The zero-order valence-corrected chi connectivity index (χ0v) is 10.5. The molecule has 2 rings (SSSR count). The molecule has 0 amide bonds. The van der Waals surface area contributed by atoms with Crippen molar-refractivity contribution in [3.8, 4) is 0 Å². The summed E-state index contributed by atoms with van der Waals surface area (Å²) in [7, 11) is 0. The summed E-state index contributed by atoms with van der Waals surface area (Å²) in [4.78, 5) is 26.3. The van der Waals surface area contributed by atoms with Crippen LogP contribution in [-0.2, 0) is 0 Å². The molecule has 17 heavy (non-hydrogen) atoms. The Hall–Kier alpha value is -1.32. The zero-order chi connectivity index (χ0) is 12.6. The van der Waals surface area contributed by atoms with E-state index >= 15 is 0 Å². The maximum Gasteiger partial charge on any atom is 0.191 e. The van der Waals surface area contributed by atoms with Crippen LogP contribution in [-0.4, -0.2) is 10.8 Å². The van der Waals surface area contributed by atoms with E-state index in [1.54, 1.807) is 13.0 Å². The molecule has 1 aromatic carbocycles. The van der Waals surface area contributed by atoms with Crippen molar-refractivity contribution in [1.29, 1.82) is 0 Å². The van der Waals surface area contributed by atoms with E-state index < -0.39 is 0 Å². The molecule has 1 N–H and O–H groups in total. The summed E-state index contributed by atoms with van der Waals surface area (Å²) in [6, 6.07) is 4.35. The van der Waals surface area contributed by atoms with Gasteiger partial charge in [-0.3, -0.25) is 9.59 Å². The summed E-state index contributed by atoms with van der Waals surface area (Å²) in [5.41, 5.74) is 0.479. The number of carbonyl (C=O) groups excluding carboxylic acids is 1. The van der Waals surface area contributed by atoms with E-state index in [1.165, 1.54) is 12.1 Å². The number of hydrogen-bond donors (Lipinski definition) is 1. The number of H-pyrrole nitrogens is 1. The molecule has 0 unspecified atom stereocenters. The third-order valence-electron chi connectivity index (χ3n) is 2.47. The summed E-state index contributed by atoms with van der Waals surface area (Å²) in [5.74, 6) is -0.125. The van der Waals surface area contributed by atoms with Gasteiger partial charge in [-0.05, 0) is 12.1 Å². The Bertz CT molecular complexity index is 661. The molecule has 0 spiro atoms. The van der Waals surface area contributed by atoms with Gasteiger partial charge in [0.1, 0.15) is 0 Å². The Morgan fingerprint density at radius 3 is 2.65 bits per heavy atom. The first-order chi connectivity index (χ1) is 8.02. The topological polar surface area (TPSA) is 49.9 Å². The van der Waals surface area contributed by atoms with Gasteiger partial charge in [-0.25, -0.2) is 0 Å². The Labute approximate surface area is 107 Å². The molecule has 0 atom stereocenters. The molecule has 0 bridgehead atoms. The molecule has 5 heteroatoms. The van der Waals surface area contributed by atoms with E-state index in [0.29, 0.717) is 22.3 Å². The van der Waals surface area contributed by atoms with E-state index in [-0.39, 0.29) is 21.9 Å². The number of fused-ring (bicyclic) bond motifs is 1. The van der Waals surface area contributed by atoms with E-state index in [1.807, 2.05) is 0 Å². The number of halogens is 2. The van der Waals surface area contributed by atoms with E-state index in [0.717, 1.165) is 0 Å². The van der Waals surface area contributed by atoms with Gasteiger partial charge in [-0.15, -0.1) is 0 Å². The van der Waals surface area contributed by atoms with Crippen LogP contribution in [0.3, 0.4) is 0 Å². The number of nitrogens with one attached hydrogen (secondary N) is 1. The maximum absolute atomic E-state index is 11.9. The van der Waals surface area contributed by atoms with Gasteiger partial charge in [-0.2, -0.15) is 0 Å². The minimum atomic E-state index is -0.280. The van der Waals surface area contributed by atoms with Crippen molar-refractivity contribution < 1.29 is 4.79 Å². The average Bonchev–Trinajstić information content (AvgIpc) is 2.26. The molecule has 1 heterocycles. The molecule has 1 aromatic heterocycles. The predicted octanol–water partition coefficient (Wildman–Crippen LogP) is 3.43. The summed E-state index contributed by atoms with van der Waals surface area (Å²) in [6.07, 6.45) is 0.329. The van der Waals surface area contributed by atoms with Crippen molar-refractivity contribution >= 4 is 39.9 Å². The van der Waals surface area contributed by atoms with Crippen LogP contribution in [0.5, 0.6) is 0 Å². The van der Waals surface area contributed by atoms with Gasteiger partial charge in [-0.1, -0.05) is 30.1 Å². The number of pyridine rings is 1. The predicted molar refractivity (Wildman–Crippen MR) is 69.2 cm³/mol. The van der Waals surface area contributed by atoms with Crippen LogP contribution < -0.4 is 5.43 Å². The van der Waals surface area contributed by atoms with Gasteiger partial charge in [0.25, 0.3) is 0 Å². The second kappa shape index (κ2) is 4.51. The van der Waals surface area contributed by atoms with Crippen LogP contribution in [0.4, 0.5) is 0 Å². The molecule has 0 radical (unpaired) electrons. The number of benzene rings is 1. The Morgan fingerprint density at radius 2 is 2.00 bits per heavy atom. The summed E-state index contributed by atoms with van der Waals surface area (Å²) >= 11 is 11.8. The van der Waals surface area contributed by atoms with Crippen molar-refractivity contribution in [3.63, 3.8) is 0 Å². The van der Waals surface area contributed by atoms with Crippen LogP contribution in [0, 0.1) is 0 Å². The Balaban J connectivity index is 2.82. The SMILES string of the molecule is CCC(=O)c1cc(=O)c2c(Cl)cc(Cl)cc2[nH]1. The molecule has 0 aliphatic heterocycles. The van der Waals surface area contributed by atoms with E-state index in [2.05, 4.69) is 4.98 Å². The normalized spacial score (nSPS) is 10.8. The Morgan fingerprint density at radius 1 is 1.29 bits per heavy atom. The molecule has 0 fully saturated rings. The fraction of sp³-hybridized carbons (Fsp3) is 0.167. The van der Waals surface area contributed by atoms with Gasteiger partial charge >= 0.3 is 0 Å². The number of rotatable bonds is 2. The smallest absolute Gasteiger partial charge is 0.191 e. The highest BCUT2D eigenvalue weighted by molar-refractivity contribution is 6.38. The second-order valence-corrected chi connectivity index (χ2v) is 4.48. The molecule has 0 saturated carbocycles. The summed E-state index contributed by atoms with van der Waals surface area (Å²) in [5, 5.41) is 1.05. The lowest BCUT2D eigenvalue weighted by molar-refractivity contribution is 0.0983. The summed E-state index contributed by atoms with van der Waals surface area (Å²) in [6.45, 7) is 1.73. The van der Waals surface area contributed by atoms with Gasteiger partial charge in [0.2, 0.25) is 0 Å². The van der Waals surface area contributed by atoms with Crippen LogP contribution in [0.1, 0.15) is 23.8 Å². The molecular weight excluding hydrogens is 261 g/mol. The largest absolute Gasteiger partial charge is 0.352 e. The quantitative estimate of drug-likeness (QED) is 0.850. The number of carbonyl (C=O) groups is 1. The van der Waals surface area contributed by atoms with E-state index in [4.69, 9.17) is 23.2 Å². The highest BCUT2D eigenvalue weighted by Gasteiger charge is 2.10. The number of ketones is 1. The lowest BCUT2D eigenvalue weighted by atomic mass is 10.1. The standard InChI is InChI=1S/C12H9Cl2NO2/c1-2-10(16)8-5-11(17)12-7(14)3-6(13)4-9(12)15-8/h3-5H,2H2,1H3,(H,15,17). The van der Waals surface area contributed by atoms with Gasteiger partial charge in [0, 0.05) is 17.5 Å². The van der Waals surface area contributed by atoms with Gasteiger partial charge in [0.15, 0.2) is 11.2 Å². The highest BCUT2D eigenvalue weighted by atomic mass is 35.5. The van der Waals surface area contributed by atoms with E-state index in [9.17, 15) is 9.59 Å². The highest BCUT2D eigenvalue weighted by Crippen LogP contribution is 2.24. The van der Waals surface area contributed by atoms with Crippen molar-refractivity contribution in [1.82, 2.24) is 4.98 Å². The number of hydrogen-bond acceptors (Lipinski definition) is 2. The number of Topliss-reactive ketones (excluding diaryl/α,β-unsaturated/α-hetero) is 1. The van der Waals surface area contributed by atoms with Crippen molar-refractivity contribution in [2.75, 3.05) is 0 Å². The number of aromatic nitrogens is 1. The third kappa shape index (κ3) is 2.21. The molecular formula is C12H9Cl2NO2. The summed E-state index contributed by atoms with van der Waals surface area (Å²) < 4.78 is 0. The van der Waals surface area contributed by atoms with Crippen molar-refractivity contribution in [3.05, 3.63) is 44.2 Å². The van der Waals surface area contributed by atoms with Crippen LogP contribution in [0.2, 0.25) is 10.0 Å². The van der Waals surface area contributed by atoms with Crippen LogP contribution in [0.15, 0.2) is 23.0 Å². The molecule has 3 nitrogen and oxygen atoms in total. The molecule has 2 aromatic rings. The molecule has 0 aliphatic rings. The fourth-order valence-electron chi connectivity index (χ4n) is 1.65. The van der Waals surface area contributed by atoms with Crippen LogP contribution >= 0.6 is 23.2 Å². The molecule has 0 aliphatic carbocycles. The van der Waals surface area contributed by atoms with Crippen molar-refractivity contribution in [2.24, 2.45) is 0 Å². The lowest BCUT2D eigenvalue weighted by Crippen LogP contribution is -2.09. The molecule has 88 valence electrons. The minimum absolute atomic E-state index is 0.125. The van der Waals surface area contributed by atoms with Gasteiger partial charge < -0.3 is 4.98 Å². The Kier molecular flexibility index (Phi) is 3.22. The van der Waals surface area contributed by atoms with Gasteiger partial charge in [0.05, 0.1) is 21.6 Å². The first-order valence-corrected chi connectivity index (χ1v) is 5.83.